The lowest BCUT2D eigenvalue weighted by Gasteiger charge is -2.49. The normalized spacial score (nSPS) is 37.6. The molecule has 2 fully saturated rings. The van der Waals surface area contributed by atoms with Crippen LogP contribution in [0.15, 0.2) is 10.5 Å². The van der Waals surface area contributed by atoms with Crippen LogP contribution >= 0.6 is 15.9 Å². The SMILES string of the molecule is COc1cc2c(c(Br)c1O)C(=O)CC1C2CC[C@]2(C)C(O)CCC12. The van der Waals surface area contributed by atoms with Gasteiger partial charge in [0.2, 0.25) is 0 Å². The Kier molecular flexibility index (Phi) is 3.73. The Morgan fingerprint density at radius 1 is 1.33 bits per heavy atom. The highest BCUT2D eigenvalue weighted by molar-refractivity contribution is 9.10. The van der Waals surface area contributed by atoms with Crippen molar-refractivity contribution in [3.05, 3.63) is 21.7 Å². The van der Waals surface area contributed by atoms with Gasteiger partial charge in [0.1, 0.15) is 0 Å². The zero-order valence-corrected chi connectivity index (χ0v) is 15.6. The fourth-order valence-corrected chi connectivity index (χ4v) is 6.26. The molecule has 4 rings (SSSR count). The predicted octanol–water partition coefficient (Wildman–Crippen LogP) is 4.02. The Labute approximate surface area is 150 Å². The van der Waals surface area contributed by atoms with E-state index in [1.807, 2.05) is 6.07 Å². The molecule has 0 aromatic heterocycles. The van der Waals surface area contributed by atoms with Crippen LogP contribution in [0.2, 0.25) is 0 Å². The Balaban J connectivity index is 1.83. The number of ether oxygens (including phenoxy) is 1. The second-order valence-corrected chi connectivity index (χ2v) is 8.64. The van der Waals surface area contributed by atoms with Crippen LogP contribution in [0.4, 0.5) is 0 Å². The maximum absolute atomic E-state index is 12.8. The lowest BCUT2D eigenvalue weighted by molar-refractivity contribution is -0.0208. The minimum Gasteiger partial charge on any atom is -0.503 e. The van der Waals surface area contributed by atoms with Gasteiger partial charge in [-0.3, -0.25) is 4.79 Å². The second-order valence-electron chi connectivity index (χ2n) is 7.85. The highest BCUT2D eigenvalue weighted by Gasteiger charge is 2.55. The lowest BCUT2D eigenvalue weighted by atomic mass is 9.55. The van der Waals surface area contributed by atoms with Gasteiger partial charge in [-0.2, -0.15) is 0 Å². The summed E-state index contributed by atoms with van der Waals surface area (Å²) < 4.78 is 5.76. The van der Waals surface area contributed by atoms with E-state index in [0.717, 1.165) is 31.2 Å². The van der Waals surface area contributed by atoms with Crippen molar-refractivity contribution in [2.45, 2.75) is 51.0 Å². The van der Waals surface area contributed by atoms with Gasteiger partial charge < -0.3 is 14.9 Å². The monoisotopic (exact) mass is 394 g/mol. The molecule has 4 unspecified atom stereocenters. The molecule has 4 nitrogen and oxygen atoms in total. The fourth-order valence-electron chi connectivity index (χ4n) is 5.61. The molecule has 3 aliphatic rings. The molecule has 2 N–H and O–H groups in total. The third-order valence-corrected chi connectivity index (χ3v) is 7.71. The highest BCUT2D eigenvalue weighted by atomic mass is 79.9. The summed E-state index contributed by atoms with van der Waals surface area (Å²) in [6, 6.07) is 1.85. The fraction of sp³-hybridized carbons (Fsp3) is 0.632. The number of phenolic OH excluding ortho intramolecular Hbond substituents is 1. The summed E-state index contributed by atoms with van der Waals surface area (Å²) in [6.45, 7) is 2.19. The number of carbonyl (C=O) groups is 1. The number of fused-ring (bicyclic) bond motifs is 5. The van der Waals surface area contributed by atoms with E-state index in [-0.39, 0.29) is 29.0 Å². The van der Waals surface area contributed by atoms with E-state index in [2.05, 4.69) is 22.9 Å². The minimum atomic E-state index is -0.249. The molecule has 24 heavy (non-hydrogen) atoms. The quantitative estimate of drug-likeness (QED) is 0.754. The van der Waals surface area contributed by atoms with Gasteiger partial charge in [0, 0.05) is 12.0 Å². The number of benzene rings is 1. The molecule has 2 saturated carbocycles. The standard InChI is InChI=1S/C19H23BrO4/c1-19-6-5-9-10(12(19)3-4-15(19)22)7-13(21)16-11(9)8-14(24-2)18(23)17(16)20/h8-10,12,15,22-23H,3-7H2,1-2H3/t9?,10?,12?,15?,19-/m0/s1. The Morgan fingerprint density at radius 3 is 2.79 bits per heavy atom. The zero-order chi connectivity index (χ0) is 17.2. The van der Waals surface area contributed by atoms with Gasteiger partial charge in [-0.25, -0.2) is 0 Å². The van der Waals surface area contributed by atoms with Gasteiger partial charge in [0.05, 0.1) is 17.7 Å². The molecule has 5 heteroatoms. The number of Topliss-reactive ketones (excluding diaryl/α,β-unsaturated/α-hetero) is 1. The van der Waals surface area contributed by atoms with Crippen molar-refractivity contribution in [1.29, 1.82) is 0 Å². The van der Waals surface area contributed by atoms with Crippen LogP contribution in [0.1, 0.15) is 60.9 Å². The molecule has 0 amide bonds. The lowest BCUT2D eigenvalue weighted by Crippen LogP contribution is -2.45. The average molecular weight is 395 g/mol. The van der Waals surface area contributed by atoms with Crippen LogP contribution in [0, 0.1) is 17.3 Å². The number of hydrogen-bond donors (Lipinski definition) is 2. The summed E-state index contributed by atoms with van der Waals surface area (Å²) in [5.74, 6) is 1.46. The Bertz CT molecular complexity index is 716. The summed E-state index contributed by atoms with van der Waals surface area (Å²) in [6.07, 6.45) is 4.05. The number of phenols is 1. The number of aliphatic hydroxyl groups is 1. The highest BCUT2D eigenvalue weighted by Crippen LogP contribution is 2.62. The number of aromatic hydroxyl groups is 1. The molecule has 0 saturated heterocycles. The third kappa shape index (κ3) is 2.03. The van der Waals surface area contributed by atoms with Gasteiger partial charge in [0.15, 0.2) is 17.3 Å². The van der Waals surface area contributed by atoms with E-state index in [1.54, 1.807) is 0 Å². The second kappa shape index (κ2) is 5.46. The molecule has 1 aromatic rings. The van der Waals surface area contributed by atoms with E-state index in [9.17, 15) is 15.0 Å². The molecular formula is C19H23BrO4. The molecule has 0 aliphatic heterocycles. The van der Waals surface area contributed by atoms with Crippen molar-refractivity contribution in [3.63, 3.8) is 0 Å². The summed E-state index contributed by atoms with van der Waals surface area (Å²) in [5, 5.41) is 20.7. The van der Waals surface area contributed by atoms with Crippen molar-refractivity contribution in [1.82, 2.24) is 0 Å². The van der Waals surface area contributed by atoms with Gasteiger partial charge in [-0.15, -0.1) is 0 Å². The number of aliphatic hydroxyl groups excluding tert-OH is 1. The number of carbonyl (C=O) groups excluding carboxylic acids is 1. The third-order valence-electron chi connectivity index (χ3n) is 6.94. The zero-order valence-electron chi connectivity index (χ0n) is 14.0. The molecule has 3 aliphatic carbocycles. The number of rotatable bonds is 1. The largest absolute Gasteiger partial charge is 0.503 e. The molecule has 0 radical (unpaired) electrons. The summed E-state index contributed by atoms with van der Waals surface area (Å²) in [4.78, 5) is 12.8. The van der Waals surface area contributed by atoms with Crippen LogP contribution in [-0.4, -0.2) is 29.2 Å². The maximum Gasteiger partial charge on any atom is 0.172 e. The van der Waals surface area contributed by atoms with E-state index in [0.29, 0.717) is 34.0 Å². The summed E-state index contributed by atoms with van der Waals surface area (Å²) in [7, 11) is 1.53. The van der Waals surface area contributed by atoms with Crippen LogP contribution in [0.5, 0.6) is 11.5 Å². The van der Waals surface area contributed by atoms with Gasteiger partial charge in [-0.1, -0.05) is 6.92 Å². The van der Waals surface area contributed by atoms with E-state index in [1.165, 1.54) is 7.11 Å². The van der Waals surface area contributed by atoms with E-state index in [4.69, 9.17) is 4.74 Å². The van der Waals surface area contributed by atoms with Crippen LogP contribution in [0.3, 0.4) is 0 Å². The first-order chi connectivity index (χ1) is 11.4. The topological polar surface area (TPSA) is 66.8 Å². The van der Waals surface area contributed by atoms with Crippen LogP contribution in [0.25, 0.3) is 0 Å². The number of halogens is 1. The van der Waals surface area contributed by atoms with Crippen molar-refractivity contribution >= 4 is 21.7 Å². The average Bonchev–Trinajstić information content (AvgIpc) is 2.86. The number of methoxy groups -OCH3 is 1. The molecular weight excluding hydrogens is 372 g/mol. The number of ketones is 1. The summed E-state index contributed by atoms with van der Waals surface area (Å²) >= 11 is 3.40. The molecule has 1 aromatic carbocycles. The van der Waals surface area contributed by atoms with E-state index < -0.39 is 0 Å². The predicted molar refractivity (Wildman–Crippen MR) is 93.6 cm³/mol. The van der Waals surface area contributed by atoms with Gasteiger partial charge >= 0.3 is 0 Å². The van der Waals surface area contributed by atoms with E-state index >= 15 is 0 Å². The maximum atomic E-state index is 12.8. The van der Waals surface area contributed by atoms with Crippen molar-refractivity contribution in [3.8, 4) is 11.5 Å². The van der Waals surface area contributed by atoms with Crippen LogP contribution in [-0.2, 0) is 0 Å². The van der Waals surface area contributed by atoms with Crippen molar-refractivity contribution in [2.75, 3.05) is 7.11 Å². The van der Waals surface area contributed by atoms with Crippen LogP contribution < -0.4 is 4.74 Å². The Hall–Kier alpha value is -1.07. The van der Waals surface area contributed by atoms with Crippen molar-refractivity contribution < 1.29 is 19.7 Å². The molecule has 0 spiro atoms. The smallest absolute Gasteiger partial charge is 0.172 e. The molecule has 5 atom stereocenters. The first kappa shape index (κ1) is 16.4. The van der Waals surface area contributed by atoms with Gasteiger partial charge in [0.25, 0.3) is 0 Å². The molecule has 0 heterocycles. The minimum absolute atomic E-state index is 0.0000126. The van der Waals surface area contributed by atoms with Gasteiger partial charge in [-0.05, 0) is 76.4 Å². The Morgan fingerprint density at radius 2 is 2.08 bits per heavy atom. The number of hydrogen-bond acceptors (Lipinski definition) is 4. The first-order valence-corrected chi connectivity index (χ1v) is 9.48. The van der Waals surface area contributed by atoms with Crippen molar-refractivity contribution in [2.24, 2.45) is 17.3 Å². The molecule has 130 valence electrons. The molecule has 0 bridgehead atoms. The summed E-state index contributed by atoms with van der Waals surface area (Å²) in [5.41, 5.74) is 1.56. The first-order valence-electron chi connectivity index (χ1n) is 8.69.